The van der Waals surface area contributed by atoms with E-state index in [1.54, 1.807) is 6.07 Å². The highest BCUT2D eigenvalue weighted by Crippen LogP contribution is 2.31. The standard InChI is InChI=1S/C27H34F3N7O2/c28-19-3-6-21-22(15-19)37(26(32-21)25(29)30)24-16-23(36-9-13-39-14-10-36)33-27(34-24)31-17-18-1-4-20(5-2-18)35-7-11-38-12-8-35/h3,6,15-16,18,20,25H,1-2,4-5,7-14,17H2,(H,31,33,34). The molecule has 9 nitrogen and oxygen atoms in total. The summed E-state index contributed by atoms with van der Waals surface area (Å²) in [5.41, 5.74) is 0.522. The molecule has 3 aliphatic rings. The third-order valence-electron chi connectivity index (χ3n) is 8.03. The van der Waals surface area contributed by atoms with E-state index in [1.165, 1.54) is 22.8 Å². The summed E-state index contributed by atoms with van der Waals surface area (Å²) < 4.78 is 54.6. The number of nitrogens with one attached hydrogen (secondary N) is 1. The number of anilines is 2. The summed E-state index contributed by atoms with van der Waals surface area (Å²) in [5.74, 6) is 0.672. The van der Waals surface area contributed by atoms with Crippen molar-refractivity contribution < 1.29 is 22.6 Å². The van der Waals surface area contributed by atoms with Crippen LogP contribution >= 0.6 is 0 Å². The molecule has 0 unspecified atom stereocenters. The average molecular weight is 546 g/mol. The number of hydrogen-bond donors (Lipinski definition) is 1. The SMILES string of the molecule is Fc1ccc2nc(C(F)F)n(-c3cc(N4CCOCC4)nc(NCC4CCC(N5CCOCC5)CC4)n3)c2c1. The molecule has 210 valence electrons. The summed E-state index contributed by atoms with van der Waals surface area (Å²) in [6, 6.07) is 6.12. The number of aromatic nitrogens is 4. The van der Waals surface area contributed by atoms with E-state index in [2.05, 4.69) is 25.1 Å². The van der Waals surface area contributed by atoms with Gasteiger partial charge in [-0.05, 0) is 43.7 Å². The first-order valence-electron chi connectivity index (χ1n) is 13.8. The normalized spacial score (nSPS) is 23.0. The fraction of sp³-hybridized carbons (Fsp3) is 0.593. The maximum Gasteiger partial charge on any atom is 0.296 e. The summed E-state index contributed by atoms with van der Waals surface area (Å²) in [5, 5.41) is 3.39. The summed E-state index contributed by atoms with van der Waals surface area (Å²) in [6.45, 7) is 6.69. The first-order chi connectivity index (χ1) is 19.0. The second-order valence-electron chi connectivity index (χ2n) is 10.5. The highest BCUT2D eigenvalue weighted by Gasteiger charge is 2.28. The van der Waals surface area contributed by atoms with Crippen LogP contribution in [-0.4, -0.2) is 89.6 Å². The number of benzene rings is 1. The Balaban J connectivity index is 1.25. The molecule has 39 heavy (non-hydrogen) atoms. The minimum absolute atomic E-state index is 0.230. The van der Waals surface area contributed by atoms with Gasteiger partial charge in [0.25, 0.3) is 6.43 Å². The fourth-order valence-electron chi connectivity index (χ4n) is 5.92. The second kappa shape index (κ2) is 11.6. The van der Waals surface area contributed by atoms with Crippen molar-refractivity contribution in [2.24, 2.45) is 5.92 Å². The van der Waals surface area contributed by atoms with Gasteiger partial charge in [0.15, 0.2) is 5.82 Å². The monoisotopic (exact) mass is 545 g/mol. The van der Waals surface area contributed by atoms with Gasteiger partial charge < -0.3 is 19.7 Å². The van der Waals surface area contributed by atoms with E-state index in [-0.39, 0.29) is 16.9 Å². The zero-order valence-electron chi connectivity index (χ0n) is 21.9. The fourth-order valence-corrected chi connectivity index (χ4v) is 5.92. The van der Waals surface area contributed by atoms with Crippen LogP contribution in [0.2, 0.25) is 0 Å². The van der Waals surface area contributed by atoms with Gasteiger partial charge in [-0.1, -0.05) is 0 Å². The number of imidazole rings is 1. The zero-order valence-corrected chi connectivity index (χ0v) is 21.9. The molecule has 2 aliphatic heterocycles. The van der Waals surface area contributed by atoms with Crippen LogP contribution in [0.25, 0.3) is 16.9 Å². The predicted molar refractivity (Wildman–Crippen MR) is 141 cm³/mol. The Morgan fingerprint density at radius 2 is 1.56 bits per heavy atom. The molecule has 0 spiro atoms. The summed E-state index contributed by atoms with van der Waals surface area (Å²) in [7, 11) is 0. The lowest BCUT2D eigenvalue weighted by Gasteiger charge is -2.38. The molecule has 4 heterocycles. The van der Waals surface area contributed by atoms with Crippen LogP contribution in [0.15, 0.2) is 24.3 Å². The summed E-state index contributed by atoms with van der Waals surface area (Å²) in [6.07, 6.45) is 1.64. The van der Waals surface area contributed by atoms with E-state index < -0.39 is 18.1 Å². The molecule has 0 amide bonds. The lowest BCUT2D eigenvalue weighted by atomic mass is 9.85. The molecular formula is C27H34F3N7O2. The Morgan fingerprint density at radius 1 is 0.872 bits per heavy atom. The third-order valence-corrected chi connectivity index (χ3v) is 8.03. The molecule has 0 radical (unpaired) electrons. The van der Waals surface area contributed by atoms with Crippen molar-refractivity contribution in [3.8, 4) is 5.82 Å². The van der Waals surface area contributed by atoms with Gasteiger partial charge in [-0.25, -0.2) is 18.2 Å². The van der Waals surface area contributed by atoms with Gasteiger partial charge in [-0.15, -0.1) is 0 Å². The minimum Gasteiger partial charge on any atom is -0.379 e. The van der Waals surface area contributed by atoms with Crippen molar-refractivity contribution in [1.29, 1.82) is 0 Å². The zero-order chi connectivity index (χ0) is 26.8. The van der Waals surface area contributed by atoms with Crippen LogP contribution in [0.5, 0.6) is 0 Å². The molecule has 1 saturated carbocycles. The Bertz CT molecular complexity index is 1270. The highest BCUT2D eigenvalue weighted by atomic mass is 19.3. The van der Waals surface area contributed by atoms with Gasteiger partial charge in [0.2, 0.25) is 5.95 Å². The topological polar surface area (TPSA) is 80.6 Å². The van der Waals surface area contributed by atoms with Gasteiger partial charge in [-0.3, -0.25) is 9.47 Å². The number of ether oxygens (including phenoxy) is 2. The molecule has 0 atom stereocenters. The van der Waals surface area contributed by atoms with E-state index in [4.69, 9.17) is 14.5 Å². The summed E-state index contributed by atoms with van der Waals surface area (Å²) in [4.78, 5) is 18.1. The molecule has 3 fully saturated rings. The van der Waals surface area contributed by atoms with Crippen molar-refractivity contribution in [2.75, 3.05) is 69.4 Å². The van der Waals surface area contributed by atoms with Crippen molar-refractivity contribution in [1.82, 2.24) is 24.4 Å². The highest BCUT2D eigenvalue weighted by molar-refractivity contribution is 5.78. The van der Waals surface area contributed by atoms with Gasteiger partial charge in [0.1, 0.15) is 17.5 Å². The first kappa shape index (κ1) is 26.3. The Kier molecular flexibility index (Phi) is 7.85. The van der Waals surface area contributed by atoms with E-state index in [9.17, 15) is 13.2 Å². The van der Waals surface area contributed by atoms with Gasteiger partial charge in [0, 0.05) is 50.9 Å². The Morgan fingerprint density at radius 3 is 2.28 bits per heavy atom. The van der Waals surface area contributed by atoms with Crippen molar-refractivity contribution in [3.63, 3.8) is 0 Å². The van der Waals surface area contributed by atoms with Crippen molar-refractivity contribution in [2.45, 2.75) is 38.2 Å². The van der Waals surface area contributed by atoms with E-state index in [0.717, 1.165) is 52.0 Å². The van der Waals surface area contributed by atoms with Crippen LogP contribution in [0.4, 0.5) is 24.9 Å². The first-order valence-corrected chi connectivity index (χ1v) is 13.8. The smallest absolute Gasteiger partial charge is 0.296 e. The number of nitrogens with zero attached hydrogens (tertiary/aromatic N) is 6. The molecule has 2 aromatic heterocycles. The number of hydrogen-bond acceptors (Lipinski definition) is 8. The molecule has 2 saturated heterocycles. The van der Waals surface area contributed by atoms with Crippen LogP contribution in [0.3, 0.4) is 0 Å². The van der Waals surface area contributed by atoms with E-state index in [0.29, 0.717) is 56.6 Å². The predicted octanol–water partition coefficient (Wildman–Crippen LogP) is 4.03. The Hall–Kier alpha value is -2.96. The lowest BCUT2D eigenvalue weighted by Crippen LogP contribution is -2.45. The second-order valence-corrected chi connectivity index (χ2v) is 10.5. The molecule has 1 aliphatic carbocycles. The van der Waals surface area contributed by atoms with Gasteiger partial charge >= 0.3 is 0 Å². The van der Waals surface area contributed by atoms with Gasteiger partial charge in [-0.2, -0.15) is 9.97 Å². The van der Waals surface area contributed by atoms with E-state index >= 15 is 0 Å². The number of rotatable bonds is 7. The number of alkyl halides is 2. The minimum atomic E-state index is -2.86. The molecule has 0 bridgehead atoms. The third kappa shape index (κ3) is 5.82. The summed E-state index contributed by atoms with van der Waals surface area (Å²) >= 11 is 0. The van der Waals surface area contributed by atoms with Crippen LogP contribution in [-0.2, 0) is 9.47 Å². The van der Waals surface area contributed by atoms with E-state index in [1.807, 2.05) is 0 Å². The van der Waals surface area contributed by atoms with Crippen molar-refractivity contribution >= 4 is 22.8 Å². The number of morpholine rings is 2. The molecule has 1 N–H and O–H groups in total. The molecule has 1 aromatic carbocycles. The largest absolute Gasteiger partial charge is 0.379 e. The van der Waals surface area contributed by atoms with Crippen LogP contribution in [0, 0.1) is 11.7 Å². The average Bonchev–Trinajstić information content (AvgIpc) is 3.36. The van der Waals surface area contributed by atoms with Gasteiger partial charge in [0.05, 0.1) is 37.5 Å². The number of fused-ring (bicyclic) bond motifs is 1. The molecule has 6 rings (SSSR count). The van der Waals surface area contributed by atoms with Crippen LogP contribution < -0.4 is 10.2 Å². The number of halogens is 3. The molecule has 12 heteroatoms. The molecular weight excluding hydrogens is 511 g/mol. The maximum absolute atomic E-state index is 14.2. The quantitative estimate of drug-likeness (QED) is 0.477. The maximum atomic E-state index is 14.2. The molecule has 3 aromatic rings. The lowest BCUT2D eigenvalue weighted by molar-refractivity contribution is 0.00539. The van der Waals surface area contributed by atoms with Crippen LogP contribution in [0.1, 0.15) is 37.9 Å². The van der Waals surface area contributed by atoms with Crippen molar-refractivity contribution in [3.05, 3.63) is 35.9 Å². The Labute approximate surface area is 225 Å².